The fraction of sp³-hybridized carbons (Fsp3) is 0.556. The first-order chi connectivity index (χ1) is 12.6. The van der Waals surface area contributed by atoms with E-state index in [-0.39, 0.29) is 17.3 Å². The van der Waals surface area contributed by atoms with E-state index in [2.05, 4.69) is 10.6 Å². The van der Waals surface area contributed by atoms with Crippen molar-refractivity contribution in [1.29, 1.82) is 0 Å². The second kappa shape index (κ2) is 8.26. The lowest BCUT2D eigenvalue weighted by Crippen LogP contribution is -2.47. The Morgan fingerprint density at radius 2 is 1.74 bits per heavy atom. The molecular formula is C18H28N4O4S. The van der Waals surface area contributed by atoms with Crippen molar-refractivity contribution in [2.75, 3.05) is 40.1 Å². The highest BCUT2D eigenvalue weighted by Gasteiger charge is 2.42. The Labute approximate surface area is 161 Å². The molecule has 8 nitrogen and oxygen atoms in total. The second-order valence-electron chi connectivity index (χ2n) is 7.31. The van der Waals surface area contributed by atoms with E-state index in [1.54, 1.807) is 31.1 Å². The first-order valence-corrected chi connectivity index (χ1v) is 10.3. The minimum absolute atomic E-state index is 0.0272. The monoisotopic (exact) mass is 396 g/mol. The molecular weight excluding hydrogens is 368 g/mol. The van der Waals surface area contributed by atoms with Crippen LogP contribution in [-0.2, 0) is 14.8 Å². The van der Waals surface area contributed by atoms with Gasteiger partial charge in [-0.15, -0.1) is 0 Å². The van der Waals surface area contributed by atoms with Gasteiger partial charge in [0.05, 0.1) is 10.3 Å². The van der Waals surface area contributed by atoms with E-state index in [1.807, 2.05) is 0 Å². The van der Waals surface area contributed by atoms with Gasteiger partial charge in [-0.05, 0) is 31.0 Å². The predicted octanol–water partition coefficient (Wildman–Crippen LogP) is 1.71. The summed E-state index contributed by atoms with van der Waals surface area (Å²) in [6.07, 6.45) is 3.43. The molecule has 0 saturated heterocycles. The van der Waals surface area contributed by atoms with Crippen LogP contribution in [0.25, 0.3) is 0 Å². The molecule has 0 aromatic heterocycles. The van der Waals surface area contributed by atoms with Crippen LogP contribution in [0.1, 0.15) is 25.7 Å². The lowest BCUT2D eigenvalue weighted by Gasteiger charge is -2.30. The van der Waals surface area contributed by atoms with E-state index in [4.69, 9.17) is 0 Å². The fourth-order valence-corrected chi connectivity index (χ4v) is 4.31. The Bertz CT molecular complexity index is 799. The van der Waals surface area contributed by atoms with E-state index in [0.29, 0.717) is 5.69 Å². The summed E-state index contributed by atoms with van der Waals surface area (Å²) in [5.41, 5.74) is -0.188. The van der Waals surface area contributed by atoms with E-state index in [1.165, 1.54) is 26.2 Å². The molecule has 9 heteroatoms. The predicted molar refractivity (Wildman–Crippen MR) is 104 cm³/mol. The van der Waals surface area contributed by atoms with Crippen LogP contribution in [0.4, 0.5) is 10.5 Å². The average Bonchev–Trinajstić information content (AvgIpc) is 3.09. The highest BCUT2D eigenvalue weighted by atomic mass is 32.2. The van der Waals surface area contributed by atoms with Crippen molar-refractivity contribution < 1.29 is 18.0 Å². The van der Waals surface area contributed by atoms with Crippen molar-refractivity contribution in [1.82, 2.24) is 14.5 Å². The number of carbonyl (C=O) groups excluding carboxylic acids is 2. The first-order valence-electron chi connectivity index (χ1n) is 8.88. The number of urea groups is 1. The summed E-state index contributed by atoms with van der Waals surface area (Å²) >= 11 is 0. The Balaban J connectivity index is 2.05. The number of hydrogen-bond donors (Lipinski definition) is 2. The first kappa shape index (κ1) is 21.2. The SMILES string of the molecule is CN(C)C(=O)C1(CNC(=O)Nc2cccc(S(=O)(=O)N(C)C)c2)CCCC1. The van der Waals surface area contributed by atoms with Crippen molar-refractivity contribution in [3.05, 3.63) is 24.3 Å². The van der Waals surface area contributed by atoms with Gasteiger partial charge >= 0.3 is 6.03 Å². The molecule has 3 amide bonds. The topological polar surface area (TPSA) is 98.8 Å². The lowest BCUT2D eigenvalue weighted by molar-refractivity contribution is -0.138. The third-order valence-electron chi connectivity index (χ3n) is 4.88. The number of benzene rings is 1. The molecule has 0 spiro atoms. The maximum absolute atomic E-state index is 12.5. The highest BCUT2D eigenvalue weighted by Crippen LogP contribution is 2.38. The summed E-state index contributed by atoms with van der Waals surface area (Å²) in [4.78, 5) is 26.5. The molecule has 0 atom stereocenters. The van der Waals surface area contributed by atoms with Crippen LogP contribution in [0.5, 0.6) is 0 Å². The Kier molecular flexibility index (Phi) is 6.48. The third-order valence-corrected chi connectivity index (χ3v) is 6.69. The molecule has 1 saturated carbocycles. The minimum atomic E-state index is -3.58. The highest BCUT2D eigenvalue weighted by molar-refractivity contribution is 7.89. The molecule has 0 bridgehead atoms. The van der Waals surface area contributed by atoms with Crippen LogP contribution in [0.2, 0.25) is 0 Å². The second-order valence-corrected chi connectivity index (χ2v) is 9.46. The zero-order valence-electron chi connectivity index (χ0n) is 16.3. The summed E-state index contributed by atoms with van der Waals surface area (Å²) in [5, 5.41) is 5.42. The fourth-order valence-electron chi connectivity index (χ4n) is 3.36. The van der Waals surface area contributed by atoms with Crippen LogP contribution in [0.3, 0.4) is 0 Å². The Hall–Kier alpha value is -2.13. The summed E-state index contributed by atoms with van der Waals surface area (Å²) in [5.74, 6) is 0.0272. The number of hydrogen-bond acceptors (Lipinski definition) is 4. The molecule has 150 valence electrons. The maximum Gasteiger partial charge on any atom is 0.319 e. The van der Waals surface area contributed by atoms with Gasteiger partial charge in [0.1, 0.15) is 0 Å². The number of sulfonamides is 1. The zero-order valence-corrected chi connectivity index (χ0v) is 17.1. The quantitative estimate of drug-likeness (QED) is 0.765. The van der Waals surface area contributed by atoms with Crippen LogP contribution < -0.4 is 10.6 Å². The van der Waals surface area contributed by atoms with Gasteiger partial charge in [-0.1, -0.05) is 18.9 Å². The standard InChI is InChI=1S/C18H28N4O4S/c1-21(2)16(23)18(10-5-6-11-18)13-19-17(24)20-14-8-7-9-15(12-14)27(25,26)22(3)4/h7-9,12H,5-6,10-11,13H2,1-4H3,(H2,19,20,24). The van der Waals surface area contributed by atoms with Crippen molar-refractivity contribution in [3.8, 4) is 0 Å². The van der Waals surface area contributed by atoms with Crippen LogP contribution in [0, 0.1) is 5.41 Å². The molecule has 1 fully saturated rings. The molecule has 1 aliphatic carbocycles. The normalized spacial score (nSPS) is 16.2. The van der Waals surface area contributed by atoms with Crippen molar-refractivity contribution >= 4 is 27.6 Å². The number of amides is 3. The number of rotatable bonds is 6. The summed E-state index contributed by atoms with van der Waals surface area (Å²) in [6, 6.07) is 5.60. The van der Waals surface area contributed by atoms with Gasteiger partial charge in [-0.3, -0.25) is 4.79 Å². The van der Waals surface area contributed by atoms with Crippen molar-refractivity contribution in [3.63, 3.8) is 0 Å². The number of carbonyl (C=O) groups is 2. The molecule has 0 unspecified atom stereocenters. The molecule has 2 rings (SSSR count). The van der Waals surface area contributed by atoms with Crippen LogP contribution >= 0.6 is 0 Å². The molecule has 1 aromatic carbocycles. The number of nitrogens with zero attached hydrogens (tertiary/aromatic N) is 2. The molecule has 1 aliphatic rings. The molecule has 0 aliphatic heterocycles. The lowest BCUT2D eigenvalue weighted by atomic mass is 9.84. The van der Waals surface area contributed by atoms with E-state index in [9.17, 15) is 18.0 Å². The van der Waals surface area contributed by atoms with Gasteiger partial charge in [0.25, 0.3) is 0 Å². The van der Waals surface area contributed by atoms with Gasteiger partial charge in [-0.25, -0.2) is 17.5 Å². The number of anilines is 1. The summed E-state index contributed by atoms with van der Waals surface area (Å²) in [6.45, 7) is 0.255. The largest absolute Gasteiger partial charge is 0.348 e. The van der Waals surface area contributed by atoms with Gasteiger partial charge in [0.15, 0.2) is 0 Å². The van der Waals surface area contributed by atoms with E-state index >= 15 is 0 Å². The Morgan fingerprint density at radius 1 is 1.11 bits per heavy atom. The van der Waals surface area contributed by atoms with Gasteiger partial charge in [-0.2, -0.15) is 0 Å². The minimum Gasteiger partial charge on any atom is -0.348 e. The van der Waals surface area contributed by atoms with Gasteiger partial charge in [0.2, 0.25) is 15.9 Å². The van der Waals surface area contributed by atoms with E-state index in [0.717, 1.165) is 30.0 Å². The maximum atomic E-state index is 12.5. The van der Waals surface area contributed by atoms with Crippen LogP contribution in [-0.4, -0.2) is 64.3 Å². The zero-order chi connectivity index (χ0) is 20.2. The van der Waals surface area contributed by atoms with Crippen LogP contribution in [0.15, 0.2) is 29.2 Å². The third kappa shape index (κ3) is 4.78. The molecule has 2 N–H and O–H groups in total. The van der Waals surface area contributed by atoms with E-state index < -0.39 is 21.5 Å². The molecule has 0 heterocycles. The van der Waals surface area contributed by atoms with Gasteiger partial charge in [0, 0.05) is 40.4 Å². The van der Waals surface area contributed by atoms with Crippen molar-refractivity contribution in [2.24, 2.45) is 5.41 Å². The Morgan fingerprint density at radius 3 is 2.30 bits per heavy atom. The molecule has 27 heavy (non-hydrogen) atoms. The summed E-state index contributed by atoms with van der Waals surface area (Å²) < 4.78 is 25.5. The average molecular weight is 397 g/mol. The smallest absolute Gasteiger partial charge is 0.319 e. The van der Waals surface area contributed by atoms with Crippen molar-refractivity contribution in [2.45, 2.75) is 30.6 Å². The number of nitrogens with one attached hydrogen (secondary N) is 2. The molecule has 0 radical (unpaired) electrons. The molecule has 1 aromatic rings. The van der Waals surface area contributed by atoms with Gasteiger partial charge < -0.3 is 15.5 Å². The summed E-state index contributed by atoms with van der Waals surface area (Å²) in [7, 11) is 2.76.